The molecule has 0 bridgehead atoms. The van der Waals surface area contributed by atoms with E-state index in [4.69, 9.17) is 4.52 Å². The molecule has 26 heavy (non-hydrogen) atoms. The van der Waals surface area contributed by atoms with Crippen molar-refractivity contribution in [2.45, 2.75) is 25.7 Å². The standard InChI is InChI=1S/C18H19N5O2S/c1-11-15(16(23-25-11)13-4-2-3-7-20-13)17(24)22-18-21-10-14(26-18)12-5-8-19-9-6-12/h2-4,7,10,12,19H,5-6,8-9H2,1H3,(H,21,22,24). The zero-order valence-corrected chi connectivity index (χ0v) is 15.2. The fourth-order valence-electron chi connectivity index (χ4n) is 3.12. The Balaban J connectivity index is 1.54. The van der Waals surface area contributed by atoms with Crippen molar-refractivity contribution in [1.29, 1.82) is 0 Å². The quantitative estimate of drug-likeness (QED) is 0.733. The van der Waals surface area contributed by atoms with Crippen LogP contribution in [0.4, 0.5) is 5.13 Å². The number of aromatic nitrogens is 3. The minimum Gasteiger partial charge on any atom is -0.360 e. The largest absolute Gasteiger partial charge is 0.360 e. The molecule has 3 aromatic rings. The first-order chi connectivity index (χ1) is 12.7. The molecule has 1 aliphatic heterocycles. The van der Waals surface area contributed by atoms with Gasteiger partial charge in [0, 0.05) is 17.3 Å². The highest BCUT2D eigenvalue weighted by Gasteiger charge is 2.24. The monoisotopic (exact) mass is 369 g/mol. The predicted molar refractivity (Wildman–Crippen MR) is 99.4 cm³/mol. The Hall–Kier alpha value is -2.58. The minimum atomic E-state index is -0.282. The fourth-order valence-corrected chi connectivity index (χ4v) is 4.10. The molecule has 4 rings (SSSR count). The topological polar surface area (TPSA) is 92.9 Å². The van der Waals surface area contributed by atoms with Gasteiger partial charge < -0.3 is 9.84 Å². The minimum absolute atomic E-state index is 0.282. The van der Waals surface area contributed by atoms with Crippen LogP contribution in [0.3, 0.4) is 0 Å². The summed E-state index contributed by atoms with van der Waals surface area (Å²) in [7, 11) is 0. The fraction of sp³-hybridized carbons (Fsp3) is 0.333. The third-order valence-corrected chi connectivity index (χ3v) is 5.56. The smallest absolute Gasteiger partial charge is 0.263 e. The number of piperidine rings is 1. The zero-order chi connectivity index (χ0) is 17.9. The van der Waals surface area contributed by atoms with Gasteiger partial charge in [0.15, 0.2) is 5.13 Å². The molecule has 0 radical (unpaired) electrons. The number of pyridine rings is 1. The van der Waals surface area contributed by atoms with E-state index in [9.17, 15) is 4.79 Å². The number of rotatable bonds is 4. The molecule has 3 aromatic heterocycles. The van der Waals surface area contributed by atoms with Crippen LogP contribution < -0.4 is 10.6 Å². The number of aryl methyl sites for hydroxylation is 1. The van der Waals surface area contributed by atoms with Gasteiger partial charge in [-0.25, -0.2) is 4.98 Å². The van der Waals surface area contributed by atoms with Gasteiger partial charge in [-0.2, -0.15) is 0 Å². The summed E-state index contributed by atoms with van der Waals surface area (Å²) >= 11 is 1.54. The van der Waals surface area contributed by atoms with Gasteiger partial charge in [0.05, 0.1) is 5.69 Å². The Morgan fingerprint density at radius 1 is 1.31 bits per heavy atom. The van der Waals surface area contributed by atoms with Crippen LogP contribution in [-0.2, 0) is 0 Å². The molecule has 0 aromatic carbocycles. The van der Waals surface area contributed by atoms with E-state index in [1.54, 1.807) is 19.2 Å². The van der Waals surface area contributed by atoms with Gasteiger partial charge in [-0.05, 0) is 50.9 Å². The number of thiazole rings is 1. The van der Waals surface area contributed by atoms with Crippen molar-refractivity contribution in [3.8, 4) is 11.4 Å². The molecule has 0 spiro atoms. The average molecular weight is 369 g/mol. The van der Waals surface area contributed by atoms with E-state index in [1.807, 2.05) is 18.3 Å². The van der Waals surface area contributed by atoms with Crippen LogP contribution in [0.15, 0.2) is 35.1 Å². The zero-order valence-electron chi connectivity index (χ0n) is 14.4. The first kappa shape index (κ1) is 16.9. The lowest BCUT2D eigenvalue weighted by Gasteiger charge is -2.20. The van der Waals surface area contributed by atoms with E-state index in [1.165, 1.54) is 16.2 Å². The third kappa shape index (κ3) is 3.38. The van der Waals surface area contributed by atoms with Gasteiger partial charge in [-0.15, -0.1) is 11.3 Å². The lowest BCUT2D eigenvalue weighted by molar-refractivity contribution is 0.102. The van der Waals surface area contributed by atoms with Crippen LogP contribution in [0.25, 0.3) is 11.4 Å². The van der Waals surface area contributed by atoms with E-state index in [2.05, 4.69) is 25.8 Å². The second-order valence-electron chi connectivity index (χ2n) is 6.22. The second kappa shape index (κ2) is 7.35. The summed E-state index contributed by atoms with van der Waals surface area (Å²) in [4.78, 5) is 22.6. The van der Waals surface area contributed by atoms with Crippen molar-refractivity contribution in [2.24, 2.45) is 0 Å². The summed E-state index contributed by atoms with van der Waals surface area (Å²) in [5.74, 6) is 0.690. The third-order valence-electron chi connectivity index (χ3n) is 4.48. The van der Waals surface area contributed by atoms with E-state index in [0.29, 0.717) is 33.8 Å². The normalized spacial score (nSPS) is 15.1. The Kier molecular flexibility index (Phi) is 4.77. The van der Waals surface area contributed by atoms with Crippen molar-refractivity contribution in [3.63, 3.8) is 0 Å². The second-order valence-corrected chi connectivity index (χ2v) is 7.29. The number of amides is 1. The Labute approximate surface area is 154 Å². The average Bonchev–Trinajstić information content (AvgIpc) is 3.30. The highest BCUT2D eigenvalue weighted by molar-refractivity contribution is 7.15. The van der Waals surface area contributed by atoms with Crippen LogP contribution in [-0.4, -0.2) is 34.1 Å². The first-order valence-corrected chi connectivity index (χ1v) is 9.39. The molecule has 0 unspecified atom stereocenters. The van der Waals surface area contributed by atoms with E-state index in [0.717, 1.165) is 25.9 Å². The summed E-state index contributed by atoms with van der Waals surface area (Å²) in [6.45, 7) is 3.77. The lowest BCUT2D eigenvalue weighted by Crippen LogP contribution is -2.26. The maximum Gasteiger partial charge on any atom is 0.263 e. The van der Waals surface area contributed by atoms with Crippen LogP contribution in [0, 0.1) is 6.92 Å². The van der Waals surface area contributed by atoms with Gasteiger partial charge in [0.1, 0.15) is 17.0 Å². The van der Waals surface area contributed by atoms with Gasteiger partial charge in [-0.3, -0.25) is 15.1 Å². The molecule has 0 atom stereocenters. The molecule has 2 N–H and O–H groups in total. The highest BCUT2D eigenvalue weighted by atomic mass is 32.1. The molecule has 0 saturated carbocycles. The number of hydrogen-bond acceptors (Lipinski definition) is 7. The molecule has 8 heteroatoms. The van der Waals surface area contributed by atoms with Crippen LogP contribution in [0.2, 0.25) is 0 Å². The molecule has 1 amide bonds. The molecule has 1 fully saturated rings. The summed E-state index contributed by atoms with van der Waals surface area (Å²) in [5, 5.41) is 10.8. The SMILES string of the molecule is Cc1onc(-c2ccccn2)c1C(=O)Nc1ncc(C2CCNCC2)s1. The number of carbonyl (C=O) groups excluding carboxylic acids is 1. The Bertz CT molecular complexity index is 899. The maximum atomic E-state index is 12.8. The molecule has 1 aliphatic rings. The lowest BCUT2D eigenvalue weighted by atomic mass is 9.97. The van der Waals surface area contributed by atoms with Gasteiger partial charge >= 0.3 is 0 Å². The molecule has 4 heterocycles. The van der Waals surface area contributed by atoms with E-state index < -0.39 is 0 Å². The molecular weight excluding hydrogens is 350 g/mol. The van der Waals surface area contributed by atoms with Crippen molar-refractivity contribution in [3.05, 3.63) is 46.8 Å². The number of nitrogens with one attached hydrogen (secondary N) is 2. The summed E-state index contributed by atoms with van der Waals surface area (Å²) in [6, 6.07) is 5.46. The summed E-state index contributed by atoms with van der Waals surface area (Å²) < 4.78 is 5.23. The van der Waals surface area contributed by atoms with E-state index >= 15 is 0 Å². The molecule has 7 nitrogen and oxygen atoms in total. The molecular formula is C18H19N5O2S. The van der Waals surface area contributed by atoms with Gasteiger partial charge in [0.25, 0.3) is 5.91 Å². The Morgan fingerprint density at radius 3 is 2.92 bits per heavy atom. The van der Waals surface area contributed by atoms with Crippen LogP contribution >= 0.6 is 11.3 Å². The summed E-state index contributed by atoms with van der Waals surface area (Å²) in [6.07, 6.45) is 5.73. The van der Waals surface area contributed by atoms with Crippen molar-refractivity contribution < 1.29 is 9.32 Å². The number of hydrogen-bond donors (Lipinski definition) is 2. The first-order valence-electron chi connectivity index (χ1n) is 8.58. The van der Waals surface area contributed by atoms with Crippen LogP contribution in [0.1, 0.15) is 39.8 Å². The molecule has 0 aliphatic carbocycles. The maximum absolute atomic E-state index is 12.8. The number of nitrogens with zero attached hydrogens (tertiary/aromatic N) is 3. The predicted octanol–water partition coefficient (Wildman–Crippen LogP) is 3.22. The molecule has 1 saturated heterocycles. The van der Waals surface area contributed by atoms with Crippen LogP contribution in [0.5, 0.6) is 0 Å². The van der Waals surface area contributed by atoms with Gasteiger partial charge in [-0.1, -0.05) is 11.2 Å². The van der Waals surface area contributed by atoms with Crippen molar-refractivity contribution in [2.75, 3.05) is 18.4 Å². The van der Waals surface area contributed by atoms with E-state index in [-0.39, 0.29) is 5.91 Å². The Morgan fingerprint density at radius 2 is 2.15 bits per heavy atom. The van der Waals surface area contributed by atoms with Crippen molar-refractivity contribution >= 4 is 22.4 Å². The summed E-state index contributed by atoms with van der Waals surface area (Å²) in [5.41, 5.74) is 1.43. The number of carbonyl (C=O) groups is 1. The highest BCUT2D eigenvalue weighted by Crippen LogP contribution is 2.32. The van der Waals surface area contributed by atoms with Crippen molar-refractivity contribution in [1.82, 2.24) is 20.4 Å². The molecule has 134 valence electrons. The van der Waals surface area contributed by atoms with Gasteiger partial charge in [0.2, 0.25) is 0 Å². The number of anilines is 1.